The number of fused-ring (bicyclic) bond motifs is 1. The maximum atomic E-state index is 11.9. The van der Waals surface area contributed by atoms with Crippen LogP contribution in [0.2, 0.25) is 10.0 Å². The van der Waals surface area contributed by atoms with Gasteiger partial charge in [-0.1, -0.05) is 35.0 Å². The minimum absolute atomic E-state index is 0.0171. The third kappa shape index (κ3) is 2.61. The summed E-state index contributed by atoms with van der Waals surface area (Å²) < 4.78 is 0. The molecule has 1 saturated heterocycles. The van der Waals surface area contributed by atoms with Crippen molar-refractivity contribution in [3.05, 3.63) is 38.8 Å². The first-order valence-electron chi connectivity index (χ1n) is 6.19. The average molecular weight is 377 g/mol. The van der Waals surface area contributed by atoms with Crippen molar-refractivity contribution in [1.29, 1.82) is 0 Å². The van der Waals surface area contributed by atoms with E-state index in [0.29, 0.717) is 25.6 Å². The number of carboxylic acids is 1. The van der Waals surface area contributed by atoms with Crippen molar-refractivity contribution >= 4 is 58.6 Å². The minimum atomic E-state index is -1.15. The van der Waals surface area contributed by atoms with Gasteiger partial charge in [0.1, 0.15) is 17.1 Å². The molecule has 116 valence electrons. The molecule has 3 N–H and O–H groups in total. The molecule has 1 fully saturated rings. The van der Waals surface area contributed by atoms with Crippen LogP contribution in [0.25, 0.3) is 0 Å². The van der Waals surface area contributed by atoms with E-state index >= 15 is 0 Å². The second-order valence-electron chi connectivity index (χ2n) is 4.69. The Bertz CT molecular complexity index is 711. The molecule has 5 nitrogen and oxygen atoms in total. The van der Waals surface area contributed by atoms with Crippen LogP contribution in [0.3, 0.4) is 0 Å². The Kier molecular flexibility index (Phi) is 4.35. The normalized spacial score (nSPS) is 24.1. The number of rotatable bonds is 3. The van der Waals surface area contributed by atoms with E-state index in [9.17, 15) is 14.7 Å². The summed E-state index contributed by atoms with van der Waals surface area (Å²) >= 11 is 14.7. The summed E-state index contributed by atoms with van der Waals surface area (Å²) in [5.74, 6) is -1.06. The fourth-order valence-electron chi connectivity index (χ4n) is 2.25. The summed E-state index contributed by atoms with van der Waals surface area (Å²) in [5, 5.41) is 10.1. The highest BCUT2D eigenvalue weighted by Gasteiger charge is 2.51. The van der Waals surface area contributed by atoms with Crippen molar-refractivity contribution < 1.29 is 14.7 Å². The molecule has 3 rings (SSSR count). The maximum Gasteiger partial charge on any atom is 0.353 e. The van der Waals surface area contributed by atoms with Crippen molar-refractivity contribution in [1.82, 2.24) is 4.90 Å². The number of nitrogens with zero attached hydrogens (tertiary/aromatic N) is 1. The number of aliphatic carboxylic acids is 1. The zero-order chi connectivity index (χ0) is 16.0. The number of carboxylic acid groups (broad SMARTS) is 1. The van der Waals surface area contributed by atoms with Crippen LogP contribution in [0, 0.1) is 0 Å². The molecule has 9 heteroatoms. The molecule has 0 aliphatic carbocycles. The Hall–Kier alpha value is -0.860. The van der Waals surface area contributed by atoms with Crippen LogP contribution >= 0.6 is 46.7 Å². The SMILES string of the molecule is N[C@@H]1C(=O)N2C(C(=O)O)=C(Sc3cc(Cl)ccc3Cl)CS[C@@H]12. The van der Waals surface area contributed by atoms with Crippen molar-refractivity contribution in [2.24, 2.45) is 5.73 Å². The second-order valence-corrected chi connectivity index (χ2v) is 7.77. The molecule has 0 saturated carbocycles. The molecule has 0 bridgehead atoms. The first kappa shape index (κ1) is 16.0. The van der Waals surface area contributed by atoms with Gasteiger partial charge in [-0.25, -0.2) is 4.79 Å². The smallest absolute Gasteiger partial charge is 0.353 e. The number of hydrogen-bond donors (Lipinski definition) is 2. The molecule has 0 spiro atoms. The summed E-state index contributed by atoms with van der Waals surface area (Å²) in [5.41, 5.74) is 5.69. The largest absolute Gasteiger partial charge is 0.477 e. The highest BCUT2D eigenvalue weighted by Crippen LogP contribution is 2.45. The number of carbonyl (C=O) groups is 2. The molecule has 1 amide bonds. The maximum absolute atomic E-state index is 11.9. The van der Waals surface area contributed by atoms with E-state index in [1.807, 2.05) is 0 Å². The molecular weight excluding hydrogens is 367 g/mol. The van der Waals surface area contributed by atoms with Gasteiger partial charge in [-0.15, -0.1) is 11.8 Å². The third-order valence-corrected chi connectivity index (χ3v) is 6.61. The number of benzene rings is 1. The van der Waals surface area contributed by atoms with Gasteiger partial charge in [0, 0.05) is 20.6 Å². The topological polar surface area (TPSA) is 83.6 Å². The summed E-state index contributed by atoms with van der Waals surface area (Å²) in [6, 6.07) is 4.34. The van der Waals surface area contributed by atoms with E-state index in [2.05, 4.69) is 0 Å². The molecule has 0 unspecified atom stereocenters. The molecule has 2 aliphatic rings. The van der Waals surface area contributed by atoms with Gasteiger partial charge in [0.15, 0.2) is 0 Å². The number of thioether (sulfide) groups is 2. The van der Waals surface area contributed by atoms with Crippen molar-refractivity contribution in [3.63, 3.8) is 0 Å². The van der Waals surface area contributed by atoms with Crippen molar-refractivity contribution in [2.75, 3.05) is 5.75 Å². The summed E-state index contributed by atoms with van der Waals surface area (Å²) in [6.07, 6.45) is 0. The van der Waals surface area contributed by atoms with Crippen LogP contribution in [-0.4, -0.2) is 39.1 Å². The van der Waals surface area contributed by atoms with Gasteiger partial charge >= 0.3 is 5.97 Å². The monoisotopic (exact) mass is 376 g/mol. The lowest BCUT2D eigenvalue weighted by Gasteiger charge is -2.47. The molecule has 22 heavy (non-hydrogen) atoms. The van der Waals surface area contributed by atoms with Gasteiger partial charge in [-0.3, -0.25) is 9.69 Å². The first-order valence-corrected chi connectivity index (χ1v) is 8.82. The van der Waals surface area contributed by atoms with Crippen LogP contribution in [0.15, 0.2) is 33.7 Å². The van der Waals surface area contributed by atoms with E-state index in [1.165, 1.54) is 28.4 Å². The Morgan fingerprint density at radius 1 is 1.45 bits per heavy atom. The standard InChI is InChI=1S/C13H10Cl2N2O3S2/c14-5-1-2-6(15)7(3-5)22-8-4-21-12-9(16)11(18)17(12)10(8)13(19)20/h1-3,9,12H,4,16H2,(H,19,20)/t9-,12+/m1/s1. The van der Waals surface area contributed by atoms with Gasteiger partial charge in [-0.2, -0.15) is 0 Å². The van der Waals surface area contributed by atoms with Crippen molar-refractivity contribution in [2.45, 2.75) is 16.3 Å². The summed E-state index contributed by atoms with van der Waals surface area (Å²) in [7, 11) is 0. The molecule has 1 aromatic rings. The highest BCUT2D eigenvalue weighted by atomic mass is 35.5. The molecule has 2 aliphatic heterocycles. The zero-order valence-electron chi connectivity index (χ0n) is 11.0. The summed E-state index contributed by atoms with van der Waals surface area (Å²) in [4.78, 5) is 25.9. The lowest BCUT2D eigenvalue weighted by molar-refractivity contribution is -0.147. The Balaban J connectivity index is 1.98. The number of amides is 1. The molecule has 0 aromatic heterocycles. The quantitative estimate of drug-likeness (QED) is 0.788. The van der Waals surface area contributed by atoms with Crippen molar-refractivity contribution in [3.8, 4) is 0 Å². The number of hydrogen-bond acceptors (Lipinski definition) is 5. The molecule has 2 heterocycles. The predicted octanol–water partition coefficient (Wildman–Crippen LogP) is 2.62. The number of β-lactam (4-membered cyclic amide) rings is 1. The van der Waals surface area contributed by atoms with E-state index in [1.54, 1.807) is 18.2 Å². The lowest BCUT2D eigenvalue weighted by Crippen LogP contribution is -2.68. The highest BCUT2D eigenvalue weighted by molar-refractivity contribution is 8.06. The lowest BCUT2D eigenvalue weighted by atomic mass is 10.1. The molecular formula is C13H10Cl2N2O3S2. The van der Waals surface area contributed by atoms with Crippen LogP contribution in [0.4, 0.5) is 0 Å². The number of halogens is 2. The minimum Gasteiger partial charge on any atom is -0.477 e. The predicted molar refractivity (Wildman–Crippen MR) is 88.0 cm³/mol. The van der Waals surface area contributed by atoms with Gasteiger partial charge in [0.05, 0.1) is 5.02 Å². The van der Waals surface area contributed by atoms with Crippen LogP contribution in [0.1, 0.15) is 0 Å². The Morgan fingerprint density at radius 3 is 2.86 bits per heavy atom. The van der Waals surface area contributed by atoms with E-state index in [0.717, 1.165) is 0 Å². The molecule has 2 atom stereocenters. The van der Waals surface area contributed by atoms with E-state index < -0.39 is 12.0 Å². The van der Waals surface area contributed by atoms with Crippen LogP contribution in [0.5, 0.6) is 0 Å². The van der Waals surface area contributed by atoms with Crippen LogP contribution < -0.4 is 5.73 Å². The van der Waals surface area contributed by atoms with Gasteiger partial charge < -0.3 is 10.8 Å². The fraction of sp³-hybridized carbons (Fsp3) is 0.231. The molecule has 0 radical (unpaired) electrons. The van der Waals surface area contributed by atoms with E-state index in [4.69, 9.17) is 28.9 Å². The third-order valence-electron chi connectivity index (χ3n) is 3.30. The van der Waals surface area contributed by atoms with E-state index in [-0.39, 0.29) is 17.0 Å². The van der Waals surface area contributed by atoms with Crippen LogP contribution in [-0.2, 0) is 9.59 Å². The Labute approximate surface area is 144 Å². The van der Waals surface area contributed by atoms with Gasteiger partial charge in [0.2, 0.25) is 5.91 Å². The number of carbonyl (C=O) groups excluding carboxylic acids is 1. The second kappa shape index (κ2) is 5.98. The fourth-order valence-corrected chi connectivity index (χ4v) is 5.20. The zero-order valence-corrected chi connectivity index (χ0v) is 14.1. The number of nitrogens with two attached hydrogens (primary N) is 1. The van der Waals surface area contributed by atoms with Gasteiger partial charge in [0.25, 0.3) is 0 Å². The Morgan fingerprint density at radius 2 is 2.18 bits per heavy atom. The molecule has 1 aromatic carbocycles. The first-order chi connectivity index (χ1) is 10.4. The summed E-state index contributed by atoms with van der Waals surface area (Å²) in [6.45, 7) is 0. The van der Waals surface area contributed by atoms with Gasteiger partial charge in [-0.05, 0) is 18.2 Å². The average Bonchev–Trinajstić information content (AvgIpc) is 2.49.